The van der Waals surface area contributed by atoms with Crippen molar-refractivity contribution < 1.29 is 9.63 Å². The van der Waals surface area contributed by atoms with Crippen LogP contribution in [0.15, 0.2) is 29.4 Å². The molecule has 0 unspecified atom stereocenters. The molecule has 0 saturated heterocycles. The number of amides is 1. The summed E-state index contributed by atoms with van der Waals surface area (Å²) in [4.78, 5) is 19.8. The monoisotopic (exact) mass is 320 g/mol. The minimum Gasteiger partial charge on any atom is -0.390 e. The second-order valence-electron chi connectivity index (χ2n) is 5.98. The van der Waals surface area contributed by atoms with E-state index in [0.29, 0.717) is 11.6 Å². The van der Waals surface area contributed by atoms with Gasteiger partial charge in [0.2, 0.25) is 5.91 Å². The molecule has 1 aliphatic carbocycles. The van der Waals surface area contributed by atoms with Crippen LogP contribution in [-0.2, 0) is 9.63 Å². The van der Waals surface area contributed by atoms with Gasteiger partial charge < -0.3 is 9.74 Å². The molecule has 118 valence electrons. The predicted octanol–water partition coefficient (Wildman–Crippen LogP) is 3.48. The van der Waals surface area contributed by atoms with Crippen LogP contribution in [0, 0.1) is 5.92 Å². The summed E-state index contributed by atoms with van der Waals surface area (Å²) in [5.41, 5.74) is 1.95. The van der Waals surface area contributed by atoms with Crippen LogP contribution in [0.5, 0.6) is 0 Å². The van der Waals surface area contributed by atoms with Crippen LogP contribution in [0.2, 0.25) is 5.02 Å². The second kappa shape index (κ2) is 6.69. The minimum absolute atomic E-state index is 0.0466. The van der Waals surface area contributed by atoms with Crippen molar-refractivity contribution in [2.45, 2.75) is 38.7 Å². The average molecular weight is 321 g/mol. The van der Waals surface area contributed by atoms with Crippen LogP contribution in [0.1, 0.15) is 38.2 Å². The molecular weight excluding hydrogens is 300 g/mol. The van der Waals surface area contributed by atoms with Gasteiger partial charge in [0.05, 0.1) is 12.3 Å². The average Bonchev–Trinajstić information content (AvgIpc) is 2.92. The Morgan fingerprint density at radius 2 is 2.09 bits per heavy atom. The molecule has 0 spiro atoms. The van der Waals surface area contributed by atoms with Crippen molar-refractivity contribution >= 4 is 23.2 Å². The molecule has 0 N–H and O–H groups in total. The van der Waals surface area contributed by atoms with Gasteiger partial charge in [-0.1, -0.05) is 35.3 Å². The van der Waals surface area contributed by atoms with Crippen molar-refractivity contribution in [3.8, 4) is 0 Å². The SMILES string of the molecule is CCN(C[C@H]1CC(c2ccc(Cl)cc2)=NO1)C(=O)C1CCC1. The summed E-state index contributed by atoms with van der Waals surface area (Å²) in [6.45, 7) is 3.37. The van der Waals surface area contributed by atoms with Gasteiger partial charge in [-0.25, -0.2) is 0 Å². The molecular formula is C17H21ClN2O2. The van der Waals surface area contributed by atoms with E-state index in [4.69, 9.17) is 16.4 Å². The molecule has 22 heavy (non-hydrogen) atoms. The Kier molecular flexibility index (Phi) is 4.67. The summed E-state index contributed by atoms with van der Waals surface area (Å²) in [6.07, 6.45) is 3.93. The Labute approximate surface area is 136 Å². The molecule has 1 amide bonds. The largest absolute Gasteiger partial charge is 0.390 e. The van der Waals surface area contributed by atoms with Crippen LogP contribution in [-0.4, -0.2) is 35.7 Å². The molecule has 2 aliphatic rings. The van der Waals surface area contributed by atoms with E-state index in [1.165, 1.54) is 6.42 Å². The zero-order valence-corrected chi connectivity index (χ0v) is 13.6. The fourth-order valence-electron chi connectivity index (χ4n) is 2.87. The van der Waals surface area contributed by atoms with Crippen molar-refractivity contribution in [3.05, 3.63) is 34.9 Å². The lowest BCUT2D eigenvalue weighted by atomic mass is 9.84. The van der Waals surface area contributed by atoms with Gasteiger partial charge in [0, 0.05) is 23.9 Å². The lowest BCUT2D eigenvalue weighted by Crippen LogP contribution is -2.42. The molecule has 3 rings (SSSR count). The molecule has 1 heterocycles. The van der Waals surface area contributed by atoms with E-state index in [1.54, 1.807) is 0 Å². The highest BCUT2D eigenvalue weighted by Gasteiger charge is 2.32. The Bertz CT molecular complexity index is 567. The summed E-state index contributed by atoms with van der Waals surface area (Å²) in [7, 11) is 0. The maximum absolute atomic E-state index is 12.4. The normalized spacial score (nSPS) is 21.0. The quantitative estimate of drug-likeness (QED) is 0.833. The zero-order valence-electron chi connectivity index (χ0n) is 12.8. The highest BCUT2D eigenvalue weighted by molar-refractivity contribution is 6.30. The van der Waals surface area contributed by atoms with Crippen LogP contribution >= 0.6 is 11.6 Å². The first-order chi connectivity index (χ1) is 10.7. The summed E-state index contributed by atoms with van der Waals surface area (Å²) in [5.74, 6) is 0.510. The van der Waals surface area contributed by atoms with Gasteiger partial charge in [-0.2, -0.15) is 0 Å². The fraction of sp³-hybridized carbons (Fsp3) is 0.529. The van der Waals surface area contributed by atoms with Gasteiger partial charge in [-0.3, -0.25) is 4.79 Å². The number of benzene rings is 1. The first-order valence-electron chi connectivity index (χ1n) is 7.94. The van der Waals surface area contributed by atoms with Crippen LogP contribution < -0.4 is 0 Å². The third-order valence-corrected chi connectivity index (χ3v) is 4.73. The number of hydrogen-bond donors (Lipinski definition) is 0. The summed E-state index contributed by atoms with van der Waals surface area (Å²) < 4.78 is 0. The standard InChI is InChI=1S/C17H21ClN2O2/c1-2-20(17(21)13-4-3-5-13)11-15-10-16(19-22-15)12-6-8-14(18)9-7-12/h6-9,13,15H,2-5,10-11H2,1H3/t15-/m1/s1. The van der Waals surface area contributed by atoms with Gasteiger partial charge in [-0.05, 0) is 37.5 Å². The van der Waals surface area contributed by atoms with Gasteiger partial charge in [0.25, 0.3) is 0 Å². The maximum atomic E-state index is 12.4. The molecule has 1 aromatic carbocycles. The molecule has 0 radical (unpaired) electrons. The topological polar surface area (TPSA) is 41.9 Å². The predicted molar refractivity (Wildman–Crippen MR) is 87.1 cm³/mol. The summed E-state index contributed by atoms with van der Waals surface area (Å²) >= 11 is 5.90. The van der Waals surface area contributed by atoms with E-state index in [9.17, 15) is 4.79 Å². The molecule has 1 aliphatic heterocycles. The molecule has 4 nitrogen and oxygen atoms in total. The van der Waals surface area contributed by atoms with Gasteiger partial charge in [0.1, 0.15) is 0 Å². The van der Waals surface area contributed by atoms with Crippen molar-refractivity contribution in [2.24, 2.45) is 11.1 Å². The smallest absolute Gasteiger partial charge is 0.225 e. The van der Waals surface area contributed by atoms with Crippen molar-refractivity contribution in [2.75, 3.05) is 13.1 Å². The van der Waals surface area contributed by atoms with E-state index in [0.717, 1.165) is 37.1 Å². The molecule has 0 bridgehead atoms. The third kappa shape index (κ3) is 3.27. The van der Waals surface area contributed by atoms with E-state index in [-0.39, 0.29) is 17.9 Å². The van der Waals surface area contributed by atoms with Crippen molar-refractivity contribution in [1.29, 1.82) is 0 Å². The second-order valence-corrected chi connectivity index (χ2v) is 6.42. The van der Waals surface area contributed by atoms with E-state index >= 15 is 0 Å². The zero-order chi connectivity index (χ0) is 15.5. The summed E-state index contributed by atoms with van der Waals surface area (Å²) in [5, 5.41) is 4.89. The summed E-state index contributed by atoms with van der Waals surface area (Å²) in [6, 6.07) is 7.60. The third-order valence-electron chi connectivity index (χ3n) is 4.48. The first-order valence-corrected chi connectivity index (χ1v) is 8.32. The highest BCUT2D eigenvalue weighted by atomic mass is 35.5. The Balaban J connectivity index is 1.56. The molecule has 1 fully saturated rings. The number of carbonyl (C=O) groups excluding carboxylic acids is 1. The van der Waals surface area contributed by atoms with E-state index in [2.05, 4.69) is 5.16 Å². The number of oxime groups is 1. The Hall–Kier alpha value is -1.55. The van der Waals surface area contributed by atoms with Crippen LogP contribution in [0.4, 0.5) is 0 Å². The van der Waals surface area contributed by atoms with E-state index < -0.39 is 0 Å². The molecule has 1 aromatic rings. The number of rotatable bonds is 5. The highest BCUT2D eigenvalue weighted by Crippen LogP contribution is 2.29. The number of likely N-dealkylation sites (N-methyl/N-ethyl adjacent to an activating group) is 1. The van der Waals surface area contributed by atoms with Crippen molar-refractivity contribution in [1.82, 2.24) is 4.90 Å². The molecule has 0 aromatic heterocycles. The van der Waals surface area contributed by atoms with Gasteiger partial charge >= 0.3 is 0 Å². The number of hydrogen-bond acceptors (Lipinski definition) is 3. The minimum atomic E-state index is -0.0466. The lowest BCUT2D eigenvalue weighted by molar-refractivity contribution is -0.139. The molecule has 5 heteroatoms. The number of carbonyl (C=O) groups is 1. The maximum Gasteiger partial charge on any atom is 0.225 e. The number of nitrogens with zero attached hydrogens (tertiary/aromatic N) is 2. The molecule has 1 saturated carbocycles. The Morgan fingerprint density at radius 3 is 2.68 bits per heavy atom. The van der Waals surface area contributed by atoms with Crippen LogP contribution in [0.3, 0.4) is 0 Å². The molecule has 1 atom stereocenters. The van der Waals surface area contributed by atoms with Gasteiger partial charge in [-0.15, -0.1) is 0 Å². The van der Waals surface area contributed by atoms with E-state index in [1.807, 2.05) is 36.1 Å². The fourth-order valence-corrected chi connectivity index (χ4v) is 3.00. The van der Waals surface area contributed by atoms with Gasteiger partial charge in [0.15, 0.2) is 6.10 Å². The first kappa shape index (κ1) is 15.3. The Morgan fingerprint density at radius 1 is 1.36 bits per heavy atom. The van der Waals surface area contributed by atoms with Crippen LogP contribution in [0.25, 0.3) is 0 Å². The number of halogens is 1. The lowest BCUT2D eigenvalue weighted by Gasteiger charge is -2.31. The van der Waals surface area contributed by atoms with Crippen molar-refractivity contribution in [3.63, 3.8) is 0 Å².